The van der Waals surface area contributed by atoms with Gasteiger partial charge >= 0.3 is 0 Å². The predicted molar refractivity (Wildman–Crippen MR) is 80.0 cm³/mol. The Kier molecular flexibility index (Phi) is 6.34. The van der Waals surface area contributed by atoms with E-state index in [2.05, 4.69) is 6.92 Å². The zero-order valence-corrected chi connectivity index (χ0v) is 12.4. The van der Waals surface area contributed by atoms with Crippen molar-refractivity contribution < 1.29 is 14.6 Å². The highest BCUT2D eigenvalue weighted by molar-refractivity contribution is 5.28. The Hall–Kier alpha value is -1.06. The molecule has 3 nitrogen and oxygen atoms in total. The van der Waals surface area contributed by atoms with Crippen molar-refractivity contribution >= 4 is 0 Å². The van der Waals surface area contributed by atoms with Crippen LogP contribution in [0.2, 0.25) is 0 Å². The molecule has 1 aromatic carbocycles. The van der Waals surface area contributed by atoms with Crippen molar-refractivity contribution in [2.75, 3.05) is 13.2 Å². The first-order valence-corrected chi connectivity index (χ1v) is 7.82. The van der Waals surface area contributed by atoms with Gasteiger partial charge in [-0.3, -0.25) is 0 Å². The molecule has 1 fully saturated rings. The molecule has 0 bridgehead atoms. The molecular formula is C17H26O3. The fourth-order valence-corrected chi connectivity index (χ4v) is 2.56. The lowest BCUT2D eigenvalue weighted by atomic mass is 9.98. The van der Waals surface area contributed by atoms with Crippen LogP contribution in [0.15, 0.2) is 24.3 Å². The molecule has 0 amide bonds. The Morgan fingerprint density at radius 2 is 1.85 bits per heavy atom. The van der Waals surface area contributed by atoms with Crippen LogP contribution in [-0.4, -0.2) is 24.4 Å². The summed E-state index contributed by atoms with van der Waals surface area (Å²) in [6.07, 6.45) is 6.89. The van der Waals surface area contributed by atoms with E-state index in [1.807, 2.05) is 24.3 Å². The van der Waals surface area contributed by atoms with E-state index in [9.17, 15) is 5.11 Å². The molecule has 0 aliphatic heterocycles. The van der Waals surface area contributed by atoms with E-state index in [-0.39, 0.29) is 0 Å². The van der Waals surface area contributed by atoms with E-state index in [0.717, 1.165) is 37.2 Å². The first-order chi connectivity index (χ1) is 9.79. The zero-order valence-electron chi connectivity index (χ0n) is 12.4. The van der Waals surface area contributed by atoms with Crippen LogP contribution in [0, 0.1) is 0 Å². The van der Waals surface area contributed by atoms with Gasteiger partial charge in [-0.05, 0) is 37.0 Å². The second-order valence-corrected chi connectivity index (χ2v) is 5.53. The number of ether oxygens (including phenoxy) is 2. The average Bonchev–Trinajstić information content (AvgIpc) is 2.52. The number of benzene rings is 1. The minimum absolute atomic E-state index is 0.338. The van der Waals surface area contributed by atoms with Gasteiger partial charge in [0, 0.05) is 0 Å². The summed E-state index contributed by atoms with van der Waals surface area (Å²) in [5.41, 5.74) is 0.893. The quantitative estimate of drug-likeness (QED) is 0.823. The monoisotopic (exact) mass is 278 g/mol. The Morgan fingerprint density at radius 1 is 1.15 bits per heavy atom. The molecule has 0 heterocycles. The van der Waals surface area contributed by atoms with Crippen molar-refractivity contribution in [3.8, 4) is 5.75 Å². The third-order valence-electron chi connectivity index (χ3n) is 3.78. The van der Waals surface area contributed by atoms with Gasteiger partial charge in [-0.1, -0.05) is 38.3 Å². The van der Waals surface area contributed by atoms with Crippen LogP contribution in [0.3, 0.4) is 0 Å². The molecule has 1 aliphatic rings. The van der Waals surface area contributed by atoms with Crippen molar-refractivity contribution in [3.63, 3.8) is 0 Å². The normalized spacial score (nSPS) is 17.9. The Bertz CT molecular complexity index is 368. The van der Waals surface area contributed by atoms with Crippen LogP contribution in [0.25, 0.3) is 0 Å². The largest absolute Gasteiger partial charge is 0.494 e. The molecule has 1 aliphatic carbocycles. The van der Waals surface area contributed by atoms with Crippen LogP contribution < -0.4 is 4.74 Å². The van der Waals surface area contributed by atoms with Gasteiger partial charge < -0.3 is 14.6 Å². The minimum atomic E-state index is -0.544. The summed E-state index contributed by atoms with van der Waals surface area (Å²) in [6, 6.07) is 7.66. The Morgan fingerprint density at radius 3 is 2.50 bits per heavy atom. The summed E-state index contributed by atoms with van der Waals surface area (Å²) >= 11 is 0. The first kappa shape index (κ1) is 15.3. The SMILES string of the molecule is CCCOc1ccc(C(O)COC2CCCCC2)cc1. The highest BCUT2D eigenvalue weighted by Gasteiger charge is 2.16. The zero-order chi connectivity index (χ0) is 14.2. The predicted octanol–water partition coefficient (Wildman–Crippen LogP) is 3.86. The topological polar surface area (TPSA) is 38.7 Å². The molecule has 2 rings (SSSR count). The number of hydrogen-bond donors (Lipinski definition) is 1. The smallest absolute Gasteiger partial charge is 0.119 e. The third-order valence-corrected chi connectivity index (χ3v) is 3.78. The molecule has 0 saturated heterocycles. The molecule has 0 aromatic heterocycles. The summed E-state index contributed by atoms with van der Waals surface area (Å²) in [6.45, 7) is 3.20. The lowest BCUT2D eigenvalue weighted by Crippen LogP contribution is -2.20. The molecule has 112 valence electrons. The highest BCUT2D eigenvalue weighted by Crippen LogP contribution is 2.23. The molecule has 1 N–H and O–H groups in total. The highest BCUT2D eigenvalue weighted by atomic mass is 16.5. The molecule has 3 heteroatoms. The molecule has 20 heavy (non-hydrogen) atoms. The molecule has 1 unspecified atom stereocenters. The molecule has 0 spiro atoms. The Labute approximate surface area is 121 Å². The number of rotatable bonds is 7. The summed E-state index contributed by atoms with van der Waals surface area (Å²) in [4.78, 5) is 0. The van der Waals surface area contributed by atoms with Crippen molar-refractivity contribution in [1.82, 2.24) is 0 Å². The van der Waals surface area contributed by atoms with Crippen molar-refractivity contribution in [3.05, 3.63) is 29.8 Å². The average molecular weight is 278 g/mol. The molecule has 1 saturated carbocycles. The van der Waals surface area contributed by atoms with E-state index in [1.165, 1.54) is 19.3 Å². The summed E-state index contributed by atoms with van der Waals surface area (Å²) in [5.74, 6) is 0.857. The number of aliphatic hydroxyl groups is 1. The summed E-state index contributed by atoms with van der Waals surface area (Å²) < 4.78 is 11.3. The van der Waals surface area contributed by atoms with Gasteiger partial charge in [0.25, 0.3) is 0 Å². The molecule has 1 aromatic rings. The van der Waals surface area contributed by atoms with Crippen LogP contribution in [-0.2, 0) is 4.74 Å². The van der Waals surface area contributed by atoms with Crippen LogP contribution in [0.5, 0.6) is 5.75 Å². The Balaban J connectivity index is 1.77. The van der Waals surface area contributed by atoms with Gasteiger partial charge in [-0.15, -0.1) is 0 Å². The maximum absolute atomic E-state index is 10.2. The second kappa shape index (κ2) is 8.28. The van der Waals surface area contributed by atoms with Crippen molar-refractivity contribution in [1.29, 1.82) is 0 Å². The maximum atomic E-state index is 10.2. The van der Waals surface area contributed by atoms with Crippen molar-refractivity contribution in [2.24, 2.45) is 0 Å². The first-order valence-electron chi connectivity index (χ1n) is 7.82. The van der Waals surface area contributed by atoms with E-state index in [0.29, 0.717) is 12.7 Å². The van der Waals surface area contributed by atoms with Crippen LogP contribution in [0.1, 0.15) is 57.1 Å². The molecule has 1 atom stereocenters. The van der Waals surface area contributed by atoms with Crippen molar-refractivity contribution in [2.45, 2.75) is 57.7 Å². The minimum Gasteiger partial charge on any atom is -0.494 e. The maximum Gasteiger partial charge on any atom is 0.119 e. The van der Waals surface area contributed by atoms with E-state index < -0.39 is 6.10 Å². The van der Waals surface area contributed by atoms with Crippen LogP contribution >= 0.6 is 0 Å². The van der Waals surface area contributed by atoms with Gasteiger partial charge in [0.1, 0.15) is 11.9 Å². The summed E-state index contributed by atoms with van der Waals surface area (Å²) in [7, 11) is 0. The number of hydrogen-bond acceptors (Lipinski definition) is 3. The lowest BCUT2D eigenvalue weighted by Gasteiger charge is -2.23. The van der Waals surface area contributed by atoms with Crippen LogP contribution in [0.4, 0.5) is 0 Å². The van der Waals surface area contributed by atoms with E-state index in [1.54, 1.807) is 0 Å². The van der Waals surface area contributed by atoms with Gasteiger partial charge in [-0.2, -0.15) is 0 Å². The van der Waals surface area contributed by atoms with Gasteiger partial charge in [0.2, 0.25) is 0 Å². The molecular weight excluding hydrogens is 252 g/mol. The van der Waals surface area contributed by atoms with E-state index >= 15 is 0 Å². The van der Waals surface area contributed by atoms with E-state index in [4.69, 9.17) is 9.47 Å². The number of aliphatic hydroxyl groups excluding tert-OH is 1. The van der Waals surface area contributed by atoms with Gasteiger partial charge in [-0.25, -0.2) is 0 Å². The fourth-order valence-electron chi connectivity index (χ4n) is 2.56. The molecule has 0 radical (unpaired) electrons. The lowest BCUT2D eigenvalue weighted by molar-refractivity contribution is -0.0245. The van der Waals surface area contributed by atoms with Gasteiger partial charge in [0.15, 0.2) is 0 Å². The fraction of sp³-hybridized carbons (Fsp3) is 0.647. The summed E-state index contributed by atoms with van der Waals surface area (Å²) in [5, 5.41) is 10.2. The third kappa shape index (κ3) is 4.80. The van der Waals surface area contributed by atoms with Gasteiger partial charge in [0.05, 0.1) is 19.3 Å². The standard InChI is InChI=1S/C17H26O3/c1-2-12-19-16-10-8-14(9-11-16)17(18)13-20-15-6-4-3-5-7-15/h8-11,15,17-18H,2-7,12-13H2,1H3. The second-order valence-electron chi connectivity index (χ2n) is 5.53.